The number of carbonyl (C=O) groups excluding carboxylic acids is 1. The molecule has 3 fully saturated rings. The number of esters is 1. The van der Waals surface area contributed by atoms with E-state index in [4.69, 9.17) is 4.74 Å². The number of aliphatic carboxylic acids is 1. The number of hydrogen-bond donors (Lipinski definition) is 1. The topological polar surface area (TPSA) is 63.6 Å². The monoisotopic (exact) mass is 220 g/mol. The zero-order valence-corrected chi connectivity index (χ0v) is 8.58. The second-order valence-corrected chi connectivity index (χ2v) is 5.38. The fourth-order valence-corrected chi connectivity index (χ4v) is 4.55. The number of hydrogen-bond acceptors (Lipinski definition) is 3. The Labute approximate surface area is 92.3 Å². The summed E-state index contributed by atoms with van der Waals surface area (Å²) in [5, 5.41) is 9.28. The summed E-state index contributed by atoms with van der Waals surface area (Å²) in [6.45, 7) is 0. The van der Waals surface area contributed by atoms with Gasteiger partial charge in [0.25, 0.3) is 0 Å². The molecule has 1 N–H and O–H groups in total. The maximum absolute atomic E-state index is 11.7. The van der Waals surface area contributed by atoms with Gasteiger partial charge in [0.2, 0.25) is 0 Å². The van der Waals surface area contributed by atoms with Crippen molar-refractivity contribution in [3.63, 3.8) is 0 Å². The van der Waals surface area contributed by atoms with Gasteiger partial charge in [-0.25, -0.2) is 0 Å². The number of rotatable bonds is 1. The van der Waals surface area contributed by atoms with Crippen molar-refractivity contribution in [3.8, 4) is 0 Å². The van der Waals surface area contributed by atoms with Crippen LogP contribution in [0.3, 0.4) is 0 Å². The molecule has 0 radical (unpaired) electrons. The SMILES string of the molecule is O=C(O)C1C2C=CC3CC4OC(=O)C1C4C32. The molecule has 16 heavy (non-hydrogen) atoms. The lowest BCUT2D eigenvalue weighted by Crippen LogP contribution is -2.28. The number of carboxylic acid groups (broad SMARTS) is 1. The first-order valence-corrected chi connectivity index (χ1v) is 5.80. The quantitative estimate of drug-likeness (QED) is 0.521. The van der Waals surface area contributed by atoms with Gasteiger partial charge < -0.3 is 9.84 Å². The van der Waals surface area contributed by atoms with Gasteiger partial charge in [-0.15, -0.1) is 0 Å². The van der Waals surface area contributed by atoms with Gasteiger partial charge in [-0.05, 0) is 24.2 Å². The summed E-state index contributed by atoms with van der Waals surface area (Å²) in [6, 6.07) is 0. The van der Waals surface area contributed by atoms with Crippen LogP contribution in [0.15, 0.2) is 12.2 Å². The molecular formula is C12H12O4. The van der Waals surface area contributed by atoms with Crippen LogP contribution in [0.25, 0.3) is 0 Å². The Balaban J connectivity index is 1.85. The smallest absolute Gasteiger partial charge is 0.310 e. The molecule has 4 nitrogen and oxygen atoms in total. The van der Waals surface area contributed by atoms with Crippen molar-refractivity contribution in [1.29, 1.82) is 0 Å². The maximum Gasteiger partial charge on any atom is 0.310 e. The van der Waals surface area contributed by atoms with E-state index in [1.807, 2.05) is 6.08 Å². The molecule has 1 saturated heterocycles. The maximum atomic E-state index is 11.7. The Hall–Kier alpha value is -1.32. The second kappa shape index (κ2) is 2.50. The lowest BCUT2D eigenvalue weighted by atomic mass is 9.87. The predicted molar refractivity (Wildman–Crippen MR) is 52.2 cm³/mol. The van der Waals surface area contributed by atoms with Gasteiger partial charge in [0.15, 0.2) is 0 Å². The summed E-state index contributed by atoms with van der Waals surface area (Å²) < 4.78 is 5.32. The van der Waals surface area contributed by atoms with Gasteiger partial charge in [-0.1, -0.05) is 12.2 Å². The van der Waals surface area contributed by atoms with E-state index in [0.29, 0.717) is 11.8 Å². The number of carboxylic acids is 1. The molecule has 84 valence electrons. The van der Waals surface area contributed by atoms with E-state index >= 15 is 0 Å². The minimum Gasteiger partial charge on any atom is -0.481 e. The number of allylic oxidation sites excluding steroid dienone is 2. The zero-order valence-electron chi connectivity index (χ0n) is 8.58. The third kappa shape index (κ3) is 0.761. The first-order chi connectivity index (χ1) is 7.68. The molecule has 1 heterocycles. The van der Waals surface area contributed by atoms with E-state index in [1.165, 1.54) is 0 Å². The van der Waals surface area contributed by atoms with E-state index < -0.39 is 11.9 Å². The molecule has 0 aromatic rings. The van der Waals surface area contributed by atoms with E-state index in [1.54, 1.807) is 0 Å². The van der Waals surface area contributed by atoms with Gasteiger partial charge in [0.05, 0.1) is 11.8 Å². The Morgan fingerprint density at radius 2 is 2.19 bits per heavy atom. The van der Waals surface area contributed by atoms with Crippen molar-refractivity contribution in [3.05, 3.63) is 12.2 Å². The first kappa shape index (κ1) is 8.79. The van der Waals surface area contributed by atoms with Crippen LogP contribution in [0.5, 0.6) is 0 Å². The molecule has 4 aliphatic rings. The Morgan fingerprint density at radius 3 is 2.94 bits per heavy atom. The van der Waals surface area contributed by atoms with Gasteiger partial charge in [-0.2, -0.15) is 0 Å². The van der Waals surface area contributed by atoms with Crippen LogP contribution >= 0.6 is 0 Å². The van der Waals surface area contributed by atoms with Gasteiger partial charge in [-0.3, -0.25) is 9.59 Å². The molecule has 0 bridgehead atoms. The van der Waals surface area contributed by atoms with E-state index in [2.05, 4.69) is 6.08 Å². The largest absolute Gasteiger partial charge is 0.481 e. The van der Waals surface area contributed by atoms with Crippen LogP contribution in [0.1, 0.15) is 6.42 Å². The lowest BCUT2D eigenvalue weighted by molar-refractivity contribution is -0.153. The van der Waals surface area contributed by atoms with Crippen LogP contribution in [0, 0.1) is 35.5 Å². The zero-order chi connectivity index (χ0) is 11.0. The molecule has 7 unspecified atom stereocenters. The molecule has 0 aromatic heterocycles. The molecular weight excluding hydrogens is 208 g/mol. The number of ether oxygens (including phenoxy) is 1. The van der Waals surface area contributed by atoms with E-state index in [-0.39, 0.29) is 29.8 Å². The standard InChI is InChI=1S/C12H12O4/c13-11(14)8-5-2-1-4-3-6-9(7(4)5)10(8)12(15)16-6/h1-2,4-10H,3H2,(H,13,14). The van der Waals surface area contributed by atoms with Gasteiger partial charge in [0.1, 0.15) is 6.10 Å². The Kier molecular flexibility index (Phi) is 1.37. The summed E-state index contributed by atoms with van der Waals surface area (Å²) in [5.74, 6) is -1.02. The minimum atomic E-state index is -0.840. The van der Waals surface area contributed by atoms with Crippen LogP contribution in [-0.2, 0) is 14.3 Å². The van der Waals surface area contributed by atoms with Crippen molar-refractivity contribution in [2.24, 2.45) is 35.5 Å². The summed E-state index contributed by atoms with van der Waals surface area (Å²) >= 11 is 0. The first-order valence-electron chi connectivity index (χ1n) is 5.80. The Morgan fingerprint density at radius 1 is 1.38 bits per heavy atom. The number of carbonyl (C=O) groups is 2. The molecule has 4 rings (SSSR count). The third-order valence-electron chi connectivity index (χ3n) is 4.94. The van der Waals surface area contributed by atoms with Gasteiger partial charge >= 0.3 is 11.9 Å². The van der Waals surface area contributed by atoms with Crippen molar-refractivity contribution >= 4 is 11.9 Å². The average Bonchev–Trinajstić information content (AvgIpc) is 2.84. The summed E-state index contributed by atoms with van der Waals surface area (Å²) in [7, 11) is 0. The van der Waals surface area contributed by atoms with Crippen molar-refractivity contribution in [2.75, 3.05) is 0 Å². The third-order valence-corrected chi connectivity index (χ3v) is 4.94. The van der Waals surface area contributed by atoms with Crippen molar-refractivity contribution < 1.29 is 19.4 Å². The fourth-order valence-electron chi connectivity index (χ4n) is 4.55. The van der Waals surface area contributed by atoms with Crippen LogP contribution in [-0.4, -0.2) is 23.1 Å². The summed E-state index contributed by atoms with van der Waals surface area (Å²) in [6.07, 6.45) is 5.05. The van der Waals surface area contributed by atoms with Crippen LogP contribution in [0.4, 0.5) is 0 Å². The summed E-state index contributed by atoms with van der Waals surface area (Å²) in [5.41, 5.74) is 0. The van der Waals surface area contributed by atoms with E-state index in [9.17, 15) is 14.7 Å². The second-order valence-electron chi connectivity index (χ2n) is 5.38. The highest BCUT2D eigenvalue weighted by molar-refractivity contribution is 5.85. The highest BCUT2D eigenvalue weighted by atomic mass is 16.6. The van der Waals surface area contributed by atoms with E-state index in [0.717, 1.165) is 6.42 Å². The molecule has 0 aromatic carbocycles. The molecule has 2 saturated carbocycles. The normalized spacial score (nSPS) is 55.5. The molecule has 3 aliphatic carbocycles. The average molecular weight is 220 g/mol. The Bertz CT molecular complexity index is 427. The van der Waals surface area contributed by atoms with Crippen molar-refractivity contribution in [2.45, 2.75) is 12.5 Å². The minimum absolute atomic E-state index is 0.00991. The highest BCUT2D eigenvalue weighted by Gasteiger charge is 2.68. The summed E-state index contributed by atoms with van der Waals surface area (Å²) in [4.78, 5) is 23.0. The molecule has 0 spiro atoms. The van der Waals surface area contributed by atoms with Gasteiger partial charge in [0, 0.05) is 5.92 Å². The molecule has 0 amide bonds. The lowest BCUT2D eigenvalue weighted by Gasteiger charge is -2.16. The van der Waals surface area contributed by atoms with Crippen LogP contribution in [0.2, 0.25) is 0 Å². The molecule has 7 atom stereocenters. The molecule has 1 aliphatic heterocycles. The predicted octanol–water partition coefficient (Wildman–Crippen LogP) is 0.681. The fraction of sp³-hybridized carbons (Fsp3) is 0.667. The molecule has 4 heteroatoms. The highest BCUT2D eigenvalue weighted by Crippen LogP contribution is 2.63. The van der Waals surface area contributed by atoms with Crippen LogP contribution < -0.4 is 0 Å². The van der Waals surface area contributed by atoms with Crippen molar-refractivity contribution in [1.82, 2.24) is 0 Å².